The summed E-state index contributed by atoms with van der Waals surface area (Å²) in [6.45, 7) is 6.75. The second-order valence-electron chi connectivity index (χ2n) is 15.5. The first kappa shape index (κ1) is 48.6. The topological polar surface area (TPSA) is 119 Å². The lowest BCUT2D eigenvalue weighted by Gasteiger charge is -2.33. The van der Waals surface area contributed by atoms with Gasteiger partial charge in [-0.25, -0.2) is 9.97 Å². The van der Waals surface area contributed by atoms with Gasteiger partial charge in [0.15, 0.2) is 11.6 Å². The maximum Gasteiger partial charge on any atom is 0.417 e. The Morgan fingerprint density at radius 2 is 1.00 bits per heavy atom. The summed E-state index contributed by atoms with van der Waals surface area (Å²) in [6.07, 6.45) is -7.80. The number of pyridine rings is 2. The van der Waals surface area contributed by atoms with Crippen LogP contribution in [-0.4, -0.2) is 85.2 Å². The minimum Gasteiger partial charge on any atom is -0.462 e. The molecular weight excluding hydrogens is 873 g/mol. The van der Waals surface area contributed by atoms with Crippen LogP contribution in [0.25, 0.3) is 20.4 Å². The summed E-state index contributed by atoms with van der Waals surface area (Å²) in [5.41, 5.74) is -1.03. The van der Waals surface area contributed by atoms with Gasteiger partial charge >= 0.3 is 24.3 Å². The molecule has 2 saturated heterocycles. The minimum atomic E-state index is -4.58. The summed E-state index contributed by atoms with van der Waals surface area (Å²) in [7, 11) is 0. The number of esters is 2. The number of piperidine rings is 2. The fourth-order valence-corrected chi connectivity index (χ4v) is 9.16. The fourth-order valence-electron chi connectivity index (χ4n) is 7.06. The number of halogens is 8. The molecule has 10 nitrogen and oxygen atoms in total. The third-order valence-corrected chi connectivity index (χ3v) is 12.6. The zero-order valence-electron chi connectivity index (χ0n) is 34.6. The molecule has 6 heterocycles. The molecule has 340 valence electrons. The van der Waals surface area contributed by atoms with Crippen LogP contribution in [0.5, 0.6) is 0 Å². The molecule has 0 aliphatic carbocycles. The number of hydrogen-bond acceptors (Lipinski definition) is 12. The van der Waals surface area contributed by atoms with Crippen molar-refractivity contribution in [3.63, 3.8) is 0 Å². The van der Waals surface area contributed by atoms with E-state index in [0.29, 0.717) is 51.9 Å². The maximum atomic E-state index is 13.7. The minimum absolute atomic E-state index is 0.00370. The van der Waals surface area contributed by atoms with Crippen LogP contribution in [0.2, 0.25) is 0 Å². The van der Waals surface area contributed by atoms with E-state index in [1.165, 1.54) is 10.8 Å². The van der Waals surface area contributed by atoms with Crippen LogP contribution in [0.1, 0.15) is 111 Å². The van der Waals surface area contributed by atoms with E-state index >= 15 is 0 Å². The Labute approximate surface area is 361 Å². The van der Waals surface area contributed by atoms with Gasteiger partial charge < -0.3 is 19.3 Å². The Bertz CT molecular complexity index is 2060. The van der Waals surface area contributed by atoms with Gasteiger partial charge in [0.25, 0.3) is 0 Å². The predicted molar refractivity (Wildman–Crippen MR) is 221 cm³/mol. The Hall–Kier alpha value is -4.46. The SMILES string of the molecule is CCC(=O)c1csc2c(C(F)(F)F)cc(N3CCC(OC(=O)C[C@@H](C)CF)CC3)nc12.CCC(=O)c1csc2c(C(F)(F)F)cc(N3CCC(OC(=O)C[C@H](C)CF)CC3)nc12. The van der Waals surface area contributed by atoms with E-state index in [4.69, 9.17) is 9.47 Å². The van der Waals surface area contributed by atoms with E-state index < -0.39 is 60.6 Å². The molecule has 2 atom stereocenters. The van der Waals surface area contributed by atoms with E-state index in [0.717, 1.165) is 34.8 Å². The quantitative estimate of drug-likeness (QED) is 0.0687. The molecule has 4 aromatic heterocycles. The van der Waals surface area contributed by atoms with Crippen molar-refractivity contribution in [2.45, 2.75) is 104 Å². The number of carbonyl (C=O) groups excluding carboxylic acids is 4. The Kier molecular flexibility index (Phi) is 16.3. The third-order valence-electron chi connectivity index (χ3n) is 10.6. The highest BCUT2D eigenvalue weighted by Gasteiger charge is 2.38. The molecule has 0 unspecified atom stereocenters. The lowest BCUT2D eigenvalue weighted by atomic mass is 10.1. The summed E-state index contributed by atoms with van der Waals surface area (Å²) in [5, 5.41) is 2.87. The van der Waals surface area contributed by atoms with E-state index in [-0.39, 0.29) is 92.7 Å². The fraction of sp³-hybridized carbons (Fsp3) is 0.571. The lowest BCUT2D eigenvalue weighted by molar-refractivity contribution is -0.152. The van der Waals surface area contributed by atoms with Crippen LogP contribution in [-0.2, 0) is 31.4 Å². The number of aromatic nitrogens is 2. The van der Waals surface area contributed by atoms with Crippen LogP contribution in [0.4, 0.5) is 46.8 Å². The first-order chi connectivity index (χ1) is 29.3. The molecule has 6 rings (SSSR count). The Morgan fingerprint density at radius 3 is 1.29 bits per heavy atom. The number of thiophene rings is 2. The predicted octanol–water partition coefficient (Wildman–Crippen LogP) is 10.8. The summed E-state index contributed by atoms with van der Waals surface area (Å²) in [4.78, 5) is 60.3. The van der Waals surface area contributed by atoms with Gasteiger partial charge in [0.1, 0.15) is 23.8 Å². The van der Waals surface area contributed by atoms with E-state index in [1.54, 1.807) is 37.5 Å². The summed E-state index contributed by atoms with van der Waals surface area (Å²) in [5.74, 6) is -1.95. The Morgan fingerprint density at radius 1 is 0.661 bits per heavy atom. The second kappa shape index (κ2) is 20.8. The van der Waals surface area contributed by atoms with Gasteiger partial charge in [-0.3, -0.25) is 28.0 Å². The first-order valence-corrected chi connectivity index (χ1v) is 22.1. The third kappa shape index (κ3) is 12.0. The number of ether oxygens (including phenoxy) is 2. The van der Waals surface area contributed by atoms with Gasteiger partial charge in [-0.05, 0) is 24.0 Å². The maximum absolute atomic E-state index is 13.7. The number of carbonyl (C=O) groups is 4. The molecule has 2 aliphatic heterocycles. The molecule has 20 heteroatoms. The van der Waals surface area contributed by atoms with Crippen molar-refractivity contribution >= 4 is 78.2 Å². The molecule has 0 spiro atoms. The van der Waals surface area contributed by atoms with Crippen LogP contribution in [0.15, 0.2) is 22.9 Å². The van der Waals surface area contributed by atoms with Gasteiger partial charge in [-0.15, -0.1) is 22.7 Å². The number of anilines is 2. The molecule has 4 aromatic rings. The first-order valence-electron chi connectivity index (χ1n) is 20.3. The molecular formula is C42H48F8N4O6S2. The number of fused-ring (bicyclic) bond motifs is 2. The van der Waals surface area contributed by atoms with Crippen LogP contribution < -0.4 is 9.80 Å². The zero-order valence-corrected chi connectivity index (χ0v) is 36.2. The lowest BCUT2D eigenvalue weighted by Crippen LogP contribution is -2.38. The van der Waals surface area contributed by atoms with Crippen LogP contribution in [0, 0.1) is 11.8 Å². The normalized spacial score (nSPS) is 16.5. The Balaban J connectivity index is 0.000000234. The zero-order chi connectivity index (χ0) is 45.5. The van der Waals surface area contributed by atoms with Gasteiger partial charge in [-0.2, -0.15) is 26.3 Å². The highest BCUT2D eigenvalue weighted by atomic mass is 32.1. The van der Waals surface area contributed by atoms with Crippen molar-refractivity contribution in [1.82, 2.24) is 9.97 Å². The molecule has 0 radical (unpaired) electrons. The monoisotopic (exact) mass is 920 g/mol. The summed E-state index contributed by atoms with van der Waals surface area (Å²) in [6, 6.07) is 2.04. The second-order valence-corrected chi connectivity index (χ2v) is 17.3. The summed E-state index contributed by atoms with van der Waals surface area (Å²) >= 11 is 1.75. The molecule has 2 fully saturated rings. The van der Waals surface area contributed by atoms with Gasteiger partial charge in [0.2, 0.25) is 0 Å². The number of ketones is 2. The highest BCUT2D eigenvalue weighted by Crippen LogP contribution is 2.42. The average molecular weight is 921 g/mol. The van der Waals surface area contributed by atoms with E-state index in [9.17, 15) is 54.3 Å². The highest BCUT2D eigenvalue weighted by molar-refractivity contribution is 7.18. The van der Waals surface area contributed by atoms with Crippen LogP contribution in [0.3, 0.4) is 0 Å². The molecule has 0 aromatic carbocycles. The smallest absolute Gasteiger partial charge is 0.417 e. The molecule has 2 aliphatic rings. The largest absolute Gasteiger partial charge is 0.462 e. The van der Waals surface area contributed by atoms with E-state index in [1.807, 2.05) is 0 Å². The van der Waals surface area contributed by atoms with E-state index in [2.05, 4.69) is 9.97 Å². The van der Waals surface area contributed by atoms with Gasteiger partial charge in [0, 0.05) is 75.5 Å². The standard InChI is InChI=1S/2C21H24F4N2O3S/c2*1-3-16(28)14-11-31-20-15(21(23,24)25)9-17(26-19(14)20)27-6-4-13(5-7-27)30-18(29)8-12(2)10-22/h2*9,11-13H,3-8,10H2,1-2H3/t2*12-/m10/s1. The van der Waals surface area contributed by atoms with Crippen molar-refractivity contribution in [2.24, 2.45) is 11.8 Å². The number of nitrogens with zero attached hydrogens (tertiary/aromatic N) is 4. The molecule has 0 N–H and O–H groups in total. The molecule has 0 bridgehead atoms. The number of hydrogen-bond donors (Lipinski definition) is 0. The van der Waals surface area contributed by atoms with Crippen molar-refractivity contribution < 1.29 is 63.8 Å². The van der Waals surface area contributed by atoms with Crippen molar-refractivity contribution in [1.29, 1.82) is 0 Å². The van der Waals surface area contributed by atoms with Crippen LogP contribution >= 0.6 is 22.7 Å². The number of rotatable bonds is 14. The molecule has 62 heavy (non-hydrogen) atoms. The molecule has 0 saturated carbocycles. The molecule has 0 amide bonds. The number of alkyl halides is 8. The van der Waals surface area contributed by atoms with Gasteiger partial charge in [-0.1, -0.05) is 27.7 Å². The van der Waals surface area contributed by atoms with Crippen molar-refractivity contribution in [2.75, 3.05) is 49.3 Å². The van der Waals surface area contributed by atoms with Crippen molar-refractivity contribution in [3.8, 4) is 0 Å². The number of Topliss-reactive ketones (excluding diaryl/α,β-unsaturated/α-hetero) is 2. The van der Waals surface area contributed by atoms with Gasteiger partial charge in [0.05, 0.1) is 68.9 Å². The average Bonchev–Trinajstić information content (AvgIpc) is 3.87. The summed E-state index contributed by atoms with van der Waals surface area (Å²) < 4.78 is 118. The van der Waals surface area contributed by atoms with Crippen molar-refractivity contribution in [3.05, 3.63) is 45.1 Å².